The van der Waals surface area contributed by atoms with Crippen molar-refractivity contribution in [3.05, 3.63) is 28.3 Å². The van der Waals surface area contributed by atoms with Crippen LogP contribution in [0.5, 0.6) is 11.5 Å². The third-order valence-electron chi connectivity index (χ3n) is 4.88. The molecule has 0 unspecified atom stereocenters. The third-order valence-corrected chi connectivity index (χ3v) is 6.64. The number of benzene rings is 1. The second-order valence-corrected chi connectivity index (χ2v) is 8.92. The highest BCUT2D eigenvalue weighted by Gasteiger charge is 2.35. The molecule has 2 heterocycles. The molecule has 1 saturated heterocycles. The first-order chi connectivity index (χ1) is 13.3. The zero-order chi connectivity index (χ0) is 20.5. The first kappa shape index (κ1) is 20.1. The number of ether oxygens (including phenoxy) is 2. The number of sulfone groups is 1. The van der Waals surface area contributed by atoms with Crippen LogP contribution in [-0.4, -0.2) is 61.5 Å². The van der Waals surface area contributed by atoms with Crippen molar-refractivity contribution >= 4 is 26.6 Å². The van der Waals surface area contributed by atoms with Crippen LogP contribution in [-0.2, 0) is 21.2 Å². The Hall–Kier alpha value is -2.62. The summed E-state index contributed by atoms with van der Waals surface area (Å²) in [5.41, 5.74) is 0.0660. The Morgan fingerprint density at radius 1 is 1.29 bits per heavy atom. The van der Waals surface area contributed by atoms with Crippen molar-refractivity contribution < 1.29 is 22.7 Å². The Bertz CT molecular complexity index is 1060. The van der Waals surface area contributed by atoms with Gasteiger partial charge in [0.1, 0.15) is 5.82 Å². The van der Waals surface area contributed by atoms with Crippen molar-refractivity contribution in [3.8, 4) is 11.5 Å². The van der Waals surface area contributed by atoms with Crippen molar-refractivity contribution in [2.24, 2.45) is 5.92 Å². The van der Waals surface area contributed by atoms with E-state index in [4.69, 9.17) is 9.47 Å². The number of amides is 1. The number of rotatable bonds is 6. The smallest absolute Gasteiger partial charge is 0.258 e. The van der Waals surface area contributed by atoms with Gasteiger partial charge in [-0.25, -0.2) is 13.4 Å². The van der Waals surface area contributed by atoms with E-state index in [1.807, 2.05) is 0 Å². The minimum Gasteiger partial charge on any atom is -0.493 e. The van der Waals surface area contributed by atoms with Gasteiger partial charge in [0.25, 0.3) is 5.56 Å². The number of carbonyl (C=O) groups excluding carboxylic acids is 1. The summed E-state index contributed by atoms with van der Waals surface area (Å²) in [5, 5.41) is 0.345. The topological polar surface area (TPSA) is 119 Å². The maximum atomic E-state index is 12.7. The third kappa shape index (κ3) is 3.96. The van der Waals surface area contributed by atoms with Gasteiger partial charge in [0.15, 0.2) is 21.3 Å². The van der Waals surface area contributed by atoms with E-state index in [1.165, 1.54) is 19.1 Å². The fourth-order valence-electron chi connectivity index (χ4n) is 3.36. The van der Waals surface area contributed by atoms with Crippen LogP contribution < -0.4 is 15.0 Å². The van der Waals surface area contributed by atoms with Gasteiger partial charge in [0.05, 0.1) is 49.1 Å². The molecule has 28 heavy (non-hydrogen) atoms. The second kappa shape index (κ2) is 7.78. The van der Waals surface area contributed by atoms with Crippen LogP contribution in [0.3, 0.4) is 0 Å². The first-order valence-corrected chi connectivity index (χ1v) is 10.7. The fraction of sp³-hybridized carbons (Fsp3) is 0.500. The summed E-state index contributed by atoms with van der Waals surface area (Å²) in [4.78, 5) is 33.8. The van der Waals surface area contributed by atoms with E-state index in [1.54, 1.807) is 19.1 Å². The van der Waals surface area contributed by atoms with Gasteiger partial charge >= 0.3 is 0 Å². The Kier molecular flexibility index (Phi) is 5.59. The van der Waals surface area contributed by atoms with Crippen LogP contribution in [0.1, 0.15) is 19.2 Å². The largest absolute Gasteiger partial charge is 0.493 e. The zero-order valence-corrected chi connectivity index (χ0v) is 16.8. The van der Waals surface area contributed by atoms with Gasteiger partial charge in [-0.1, -0.05) is 0 Å². The lowest BCUT2D eigenvalue weighted by Crippen LogP contribution is -2.37. The molecule has 2 aromatic rings. The predicted octanol–water partition coefficient (Wildman–Crippen LogP) is 0.724. The summed E-state index contributed by atoms with van der Waals surface area (Å²) >= 11 is 0. The number of hydrogen-bond acceptors (Lipinski definition) is 7. The van der Waals surface area contributed by atoms with Crippen LogP contribution in [0, 0.1) is 5.92 Å². The van der Waals surface area contributed by atoms with E-state index in [0.717, 1.165) is 0 Å². The zero-order valence-electron chi connectivity index (χ0n) is 16.0. The van der Waals surface area contributed by atoms with E-state index in [-0.39, 0.29) is 29.5 Å². The summed E-state index contributed by atoms with van der Waals surface area (Å²) in [7, 11) is -0.181. The van der Waals surface area contributed by atoms with Crippen molar-refractivity contribution in [3.63, 3.8) is 0 Å². The molecule has 0 radical (unpaired) electrons. The van der Waals surface area contributed by atoms with Crippen LogP contribution in [0.2, 0.25) is 0 Å². The molecule has 0 saturated carbocycles. The number of methoxy groups -OCH3 is 2. The molecular weight excluding hydrogens is 386 g/mol. The Labute approximate surface area is 162 Å². The lowest BCUT2D eigenvalue weighted by molar-refractivity contribution is -0.135. The molecule has 0 bridgehead atoms. The average molecular weight is 409 g/mol. The summed E-state index contributed by atoms with van der Waals surface area (Å²) in [6.45, 7) is 2.27. The molecule has 1 aromatic heterocycles. The van der Waals surface area contributed by atoms with Gasteiger partial charge in [-0.05, 0) is 19.4 Å². The van der Waals surface area contributed by atoms with Crippen molar-refractivity contribution in [2.75, 3.05) is 32.3 Å². The highest BCUT2D eigenvalue weighted by molar-refractivity contribution is 7.91. The Balaban J connectivity index is 1.90. The molecule has 1 amide bonds. The van der Waals surface area contributed by atoms with Crippen molar-refractivity contribution in [1.82, 2.24) is 14.9 Å². The fourth-order valence-corrected chi connectivity index (χ4v) is 5.10. The van der Waals surface area contributed by atoms with Gasteiger partial charge < -0.3 is 19.4 Å². The molecule has 9 nitrogen and oxygen atoms in total. The molecular formula is C18H23N3O6S. The first-order valence-electron chi connectivity index (χ1n) is 8.92. The minimum atomic E-state index is -3.15. The number of nitrogens with one attached hydrogen (secondary N) is 1. The summed E-state index contributed by atoms with van der Waals surface area (Å²) in [5.74, 6) is 0.316. The maximum Gasteiger partial charge on any atom is 0.258 e. The molecule has 3 rings (SSSR count). The number of aromatic amines is 1. The van der Waals surface area contributed by atoms with Gasteiger partial charge in [-0.15, -0.1) is 0 Å². The van der Waals surface area contributed by atoms with Gasteiger partial charge in [-0.2, -0.15) is 0 Å². The van der Waals surface area contributed by atoms with E-state index in [9.17, 15) is 18.0 Å². The average Bonchev–Trinajstić information content (AvgIpc) is 3.04. The number of hydrogen-bond donors (Lipinski definition) is 1. The standard InChI is InChI=1S/C18H23N3O6S/c1-4-21(18(23)11-5-6-28(24,25)10-11)9-16-19-13-8-15(27-3)14(26-2)7-12(13)17(22)20-16/h7-8,11H,4-6,9-10H2,1-3H3,(H,19,20,22)/t11-/m1/s1. The van der Waals surface area contributed by atoms with Gasteiger partial charge in [0, 0.05) is 12.6 Å². The summed E-state index contributed by atoms with van der Waals surface area (Å²) < 4.78 is 33.8. The maximum absolute atomic E-state index is 12.7. The van der Waals surface area contributed by atoms with Crippen LogP contribution in [0.4, 0.5) is 0 Å². The molecule has 1 aliphatic rings. The molecule has 10 heteroatoms. The number of nitrogens with zero attached hydrogens (tertiary/aromatic N) is 2. The molecule has 0 spiro atoms. The SMILES string of the molecule is CCN(Cc1nc2cc(OC)c(OC)cc2c(=O)[nH]1)C(=O)[C@@H]1CCS(=O)(=O)C1. The molecule has 0 aliphatic carbocycles. The normalized spacial score (nSPS) is 18.2. The number of carbonyl (C=O) groups is 1. The molecule has 1 aliphatic heterocycles. The number of aromatic nitrogens is 2. The van der Waals surface area contributed by atoms with Crippen molar-refractivity contribution in [2.45, 2.75) is 19.9 Å². The lowest BCUT2D eigenvalue weighted by Gasteiger charge is -2.23. The van der Waals surface area contributed by atoms with Crippen LogP contribution in [0.25, 0.3) is 10.9 Å². The molecule has 152 valence electrons. The van der Waals surface area contributed by atoms with E-state index in [2.05, 4.69) is 9.97 Å². The number of fused-ring (bicyclic) bond motifs is 1. The van der Waals surface area contributed by atoms with Crippen LogP contribution in [0.15, 0.2) is 16.9 Å². The highest BCUT2D eigenvalue weighted by atomic mass is 32.2. The monoisotopic (exact) mass is 409 g/mol. The van der Waals surface area contributed by atoms with Gasteiger partial charge in [0.2, 0.25) is 5.91 Å². The molecule has 1 fully saturated rings. The highest BCUT2D eigenvalue weighted by Crippen LogP contribution is 2.30. The van der Waals surface area contributed by atoms with E-state index >= 15 is 0 Å². The Morgan fingerprint density at radius 3 is 2.54 bits per heavy atom. The molecule has 1 aromatic carbocycles. The summed E-state index contributed by atoms with van der Waals surface area (Å²) in [6.07, 6.45) is 0.330. The second-order valence-electron chi connectivity index (χ2n) is 6.69. The van der Waals surface area contributed by atoms with Gasteiger partial charge in [-0.3, -0.25) is 9.59 Å². The lowest BCUT2D eigenvalue weighted by atomic mass is 10.1. The summed E-state index contributed by atoms with van der Waals surface area (Å²) in [6, 6.07) is 3.16. The van der Waals surface area contributed by atoms with E-state index < -0.39 is 15.8 Å². The van der Waals surface area contributed by atoms with Crippen molar-refractivity contribution in [1.29, 1.82) is 0 Å². The predicted molar refractivity (Wildman–Crippen MR) is 103 cm³/mol. The quantitative estimate of drug-likeness (QED) is 0.747. The molecule has 1 N–H and O–H groups in total. The van der Waals surface area contributed by atoms with Crippen LogP contribution >= 0.6 is 0 Å². The minimum absolute atomic E-state index is 0.0354. The molecule has 1 atom stereocenters. The van der Waals surface area contributed by atoms with E-state index in [0.29, 0.717) is 41.2 Å². The Morgan fingerprint density at radius 2 is 1.96 bits per heavy atom. The number of H-pyrrole nitrogens is 1.